The molecule has 0 spiro atoms. The van der Waals surface area contributed by atoms with Gasteiger partial charge in [0.05, 0.1) is 51.9 Å². The molecule has 1 aromatic heterocycles. The Hall–Kier alpha value is -5.35. The summed E-state index contributed by atoms with van der Waals surface area (Å²) in [5.41, 5.74) is 13.0. The van der Waals surface area contributed by atoms with Gasteiger partial charge >= 0.3 is 11.9 Å². The molecule has 4 aliphatic rings. The maximum atomic E-state index is 11.9. The van der Waals surface area contributed by atoms with E-state index in [1.54, 1.807) is 0 Å². The van der Waals surface area contributed by atoms with Crippen LogP contribution in [0.4, 0.5) is 0 Å². The minimum Gasteiger partial charge on any atom is -0.515 e. The fourth-order valence-electron chi connectivity index (χ4n) is 8.23. The summed E-state index contributed by atoms with van der Waals surface area (Å²) in [6.45, 7) is 16.9. The van der Waals surface area contributed by atoms with Crippen LogP contribution in [0.1, 0.15) is 137 Å². The van der Waals surface area contributed by atoms with E-state index in [-0.39, 0.29) is 25.7 Å². The molecule has 0 aliphatic carbocycles. The Balaban J connectivity index is 1.57. The lowest BCUT2D eigenvalue weighted by Gasteiger charge is -2.14. The Labute approximate surface area is 348 Å². The fourth-order valence-corrected chi connectivity index (χ4v) is 8.23. The number of aliphatic hydroxyl groups excluding tert-OH is 2. The van der Waals surface area contributed by atoms with E-state index >= 15 is 0 Å². The summed E-state index contributed by atoms with van der Waals surface area (Å²) in [5, 5.41) is 42.7. The molecule has 0 fully saturated rings. The average molecular weight is 803 g/mol. The molecule has 8 bridgehead atoms. The lowest BCUT2D eigenvalue weighted by Crippen LogP contribution is -2.27. The van der Waals surface area contributed by atoms with Crippen LogP contribution in [0.25, 0.3) is 18.4 Å². The highest BCUT2D eigenvalue weighted by molar-refractivity contribution is 6.24. The van der Waals surface area contributed by atoms with Gasteiger partial charge in [-0.2, -0.15) is 0 Å². The van der Waals surface area contributed by atoms with Crippen molar-refractivity contribution in [3.05, 3.63) is 108 Å². The molecule has 0 radical (unpaired) electrons. The van der Waals surface area contributed by atoms with Gasteiger partial charge in [-0.1, -0.05) is 50.5 Å². The van der Waals surface area contributed by atoms with Gasteiger partial charge in [-0.15, -0.1) is 0 Å². The second-order valence-corrected chi connectivity index (χ2v) is 16.6. The second kappa shape index (κ2) is 20.1. The van der Waals surface area contributed by atoms with Crippen LogP contribution in [0, 0.1) is 5.92 Å². The van der Waals surface area contributed by atoms with Crippen molar-refractivity contribution in [2.24, 2.45) is 20.9 Å². The monoisotopic (exact) mass is 802 g/mol. The summed E-state index contributed by atoms with van der Waals surface area (Å²) in [4.78, 5) is 42.1. The molecule has 10 nitrogen and oxygen atoms in total. The Morgan fingerprint density at radius 1 is 0.729 bits per heavy atom. The number of H-pyrrole nitrogens is 1. The summed E-state index contributed by atoms with van der Waals surface area (Å²) < 4.78 is 0. The molecule has 5 heterocycles. The minimum atomic E-state index is -0.980. The maximum Gasteiger partial charge on any atom is 0.303 e. The van der Waals surface area contributed by atoms with E-state index in [0.29, 0.717) is 57.5 Å². The number of aromatic amines is 1. The third kappa shape index (κ3) is 11.0. The molecular weight excluding hydrogens is 741 g/mol. The smallest absolute Gasteiger partial charge is 0.303 e. The van der Waals surface area contributed by atoms with Crippen LogP contribution < -0.4 is 10.6 Å². The van der Waals surface area contributed by atoms with Crippen LogP contribution in [0.2, 0.25) is 0 Å². The second-order valence-electron chi connectivity index (χ2n) is 16.6. The molecule has 0 amide bonds. The molecule has 59 heavy (non-hydrogen) atoms. The fraction of sp³-hybridized carbons (Fsp3) is 0.449. The number of carboxylic acid groups (broad SMARTS) is 2. The predicted molar refractivity (Wildman–Crippen MR) is 240 cm³/mol. The van der Waals surface area contributed by atoms with Crippen LogP contribution in [-0.4, -0.2) is 60.6 Å². The standard InChI is InChI=1S/C49H62N4O6/c1-9-34-31(6)39-25-45-49(46(55)18-12-17-30(5)16-11-15-29(4)14-10-13-28(2)3)33(8)40(52-45)24-44-37(27-54)36(20-22-48(58)59)43(53-44)26-42-35(19-21-47(56)57)32(7)38(51-42)23-41(34)50-39/h15,17,23-28,46,53-55H,9-14,16,18-22H2,1-8H3,(H,56,57)(H,58,59)/b29-15+,30-17+,37-27?,41-23?,42-26?,44-24?,45-25?/t46-/m0/s1. The Morgan fingerprint density at radius 3 is 1.95 bits per heavy atom. The van der Waals surface area contributed by atoms with E-state index in [1.165, 1.54) is 24.0 Å². The van der Waals surface area contributed by atoms with Crippen LogP contribution in [0.15, 0.2) is 101 Å². The summed E-state index contributed by atoms with van der Waals surface area (Å²) in [7, 11) is 0. The van der Waals surface area contributed by atoms with Gasteiger partial charge in [0.1, 0.15) is 0 Å². The van der Waals surface area contributed by atoms with E-state index in [0.717, 1.165) is 82.7 Å². The third-order valence-electron chi connectivity index (χ3n) is 11.7. The molecule has 10 heteroatoms. The van der Waals surface area contributed by atoms with Crippen LogP contribution >= 0.6 is 0 Å². The summed E-state index contributed by atoms with van der Waals surface area (Å²) in [6, 6.07) is 0. The zero-order chi connectivity index (χ0) is 43.0. The molecule has 0 saturated heterocycles. The van der Waals surface area contributed by atoms with Crippen LogP contribution in [0.5, 0.6) is 0 Å². The van der Waals surface area contributed by atoms with Crippen LogP contribution in [0.3, 0.4) is 0 Å². The van der Waals surface area contributed by atoms with Crippen molar-refractivity contribution < 1.29 is 30.0 Å². The van der Waals surface area contributed by atoms with Gasteiger partial charge in [-0.25, -0.2) is 15.0 Å². The number of aliphatic carboxylic acids is 2. The number of fused-ring (bicyclic) bond motifs is 5. The van der Waals surface area contributed by atoms with Gasteiger partial charge in [0.2, 0.25) is 0 Å². The van der Waals surface area contributed by atoms with Gasteiger partial charge in [-0.3, -0.25) is 9.59 Å². The van der Waals surface area contributed by atoms with Gasteiger partial charge < -0.3 is 25.4 Å². The molecule has 314 valence electrons. The maximum absolute atomic E-state index is 11.9. The SMILES string of the molecule is CCC1=C(C)C2=NC1=CC1=NC(=Cc3[nH]c(c(=CO)c3CCC(=O)O)=CC3=NC(=C2)C([C@@H](O)CC/C=C(\C)CC/C=C(\C)CCCC(C)C)=C3C)C(CCC(=O)O)=C1C. The Morgan fingerprint density at radius 2 is 1.31 bits per heavy atom. The van der Waals surface area contributed by atoms with Gasteiger partial charge in [0.25, 0.3) is 0 Å². The molecule has 4 aliphatic heterocycles. The number of aromatic nitrogens is 1. The van der Waals surface area contributed by atoms with Crippen molar-refractivity contribution in [3.8, 4) is 0 Å². The highest BCUT2D eigenvalue weighted by atomic mass is 16.4. The number of aliphatic hydroxyl groups is 2. The predicted octanol–water partition coefficient (Wildman–Crippen LogP) is 9.46. The molecule has 0 unspecified atom stereocenters. The van der Waals surface area contributed by atoms with Gasteiger partial charge in [0.15, 0.2) is 0 Å². The number of hydrogen-bond acceptors (Lipinski definition) is 7. The number of aliphatic imine (C=N–C) groups is 3. The zero-order valence-electron chi connectivity index (χ0n) is 36.1. The summed E-state index contributed by atoms with van der Waals surface area (Å²) in [5.74, 6) is -1.17. The van der Waals surface area contributed by atoms with Crippen molar-refractivity contribution in [1.82, 2.24) is 4.98 Å². The van der Waals surface area contributed by atoms with Crippen molar-refractivity contribution in [2.75, 3.05) is 0 Å². The van der Waals surface area contributed by atoms with E-state index < -0.39 is 18.0 Å². The average Bonchev–Trinajstić information content (AvgIpc) is 3.85. The largest absolute Gasteiger partial charge is 0.515 e. The first-order valence-electron chi connectivity index (χ1n) is 21.1. The molecular formula is C49H62N4O6. The molecule has 1 aromatic rings. The normalized spacial score (nSPS) is 18.0. The van der Waals surface area contributed by atoms with E-state index in [9.17, 15) is 30.0 Å². The van der Waals surface area contributed by atoms with Crippen molar-refractivity contribution in [1.29, 1.82) is 0 Å². The van der Waals surface area contributed by atoms with Crippen molar-refractivity contribution >= 4 is 47.5 Å². The molecule has 0 aromatic carbocycles. The topological polar surface area (TPSA) is 168 Å². The molecule has 5 N–H and O–H groups in total. The van der Waals surface area contributed by atoms with Gasteiger partial charge in [-0.05, 0) is 156 Å². The van der Waals surface area contributed by atoms with Gasteiger partial charge in [0, 0.05) is 29.3 Å². The minimum absolute atomic E-state index is 0.0879. The highest BCUT2D eigenvalue weighted by Gasteiger charge is 2.29. The highest BCUT2D eigenvalue weighted by Crippen LogP contribution is 2.37. The van der Waals surface area contributed by atoms with Crippen molar-refractivity contribution in [3.63, 3.8) is 0 Å². The zero-order valence-corrected chi connectivity index (χ0v) is 36.1. The first-order valence-corrected chi connectivity index (χ1v) is 21.1. The Bertz CT molecular complexity index is 2340. The van der Waals surface area contributed by atoms with Crippen LogP contribution in [-0.2, 0) is 16.0 Å². The number of carbonyl (C=O) groups is 2. The number of nitrogens with zero attached hydrogens (tertiary/aromatic N) is 3. The number of carboxylic acids is 2. The van der Waals surface area contributed by atoms with E-state index in [1.807, 2.05) is 45.1 Å². The quantitative estimate of drug-likeness (QED) is 0.0927. The lowest BCUT2D eigenvalue weighted by molar-refractivity contribution is -0.138. The number of hydrogen-bond donors (Lipinski definition) is 5. The first-order chi connectivity index (χ1) is 28.1. The third-order valence-corrected chi connectivity index (χ3v) is 11.7. The molecule has 5 rings (SSSR count). The lowest BCUT2D eigenvalue weighted by atomic mass is 9.95. The first kappa shape index (κ1) is 44.7. The molecule has 1 atom stereocenters. The summed E-state index contributed by atoms with van der Waals surface area (Å²) in [6.07, 6.45) is 19.9. The van der Waals surface area contributed by atoms with E-state index in [4.69, 9.17) is 15.0 Å². The number of nitrogens with one attached hydrogen (secondary N) is 1. The van der Waals surface area contributed by atoms with E-state index in [2.05, 4.69) is 51.8 Å². The molecule has 0 saturated carbocycles. The van der Waals surface area contributed by atoms with Crippen molar-refractivity contribution in [2.45, 2.75) is 139 Å². The Kier molecular flexibility index (Phi) is 15.2. The number of rotatable bonds is 18. The summed E-state index contributed by atoms with van der Waals surface area (Å²) >= 11 is 0. The number of allylic oxidation sites excluding steroid dienone is 11.